The molecule has 2 unspecified atom stereocenters. The van der Waals surface area contributed by atoms with Gasteiger partial charge in [-0.25, -0.2) is 0 Å². The quantitative estimate of drug-likeness (QED) is 0.919. The van der Waals surface area contributed by atoms with E-state index in [1.807, 2.05) is 24.0 Å². The van der Waals surface area contributed by atoms with Crippen molar-refractivity contribution >= 4 is 11.9 Å². The smallest absolute Gasteiger partial charge is 0.313 e. The molecule has 2 aromatic rings. The molecule has 1 amide bonds. The fraction of sp³-hybridized carbons (Fsp3) is 0.381. The Morgan fingerprint density at radius 3 is 2.46 bits per heavy atom. The first-order valence-electron chi connectivity index (χ1n) is 9.11. The van der Waals surface area contributed by atoms with Crippen LogP contribution in [0.15, 0.2) is 48.8 Å². The number of carboxylic acid groups (broad SMARTS) is 1. The van der Waals surface area contributed by atoms with Gasteiger partial charge in [0.25, 0.3) is 5.91 Å². The van der Waals surface area contributed by atoms with E-state index in [4.69, 9.17) is 0 Å². The molecule has 2 aliphatic rings. The standard InChI is InChI=1S/C21H22N2O3/c1-21(14-10-12-22-13-11-14)18(20(25)26)16-8-4-5-9-17(16)19(24)23(21)15-6-2-3-7-15/h4-5,8-13,15,18H,2-3,6-7H2,1H3,(H,25,26). The number of benzene rings is 1. The predicted octanol–water partition coefficient (Wildman–Crippen LogP) is 3.56. The number of carbonyl (C=O) groups excluding carboxylic acids is 1. The van der Waals surface area contributed by atoms with Crippen LogP contribution in [-0.4, -0.2) is 32.9 Å². The average molecular weight is 350 g/mol. The van der Waals surface area contributed by atoms with Gasteiger partial charge in [-0.3, -0.25) is 14.6 Å². The van der Waals surface area contributed by atoms with Gasteiger partial charge in [0, 0.05) is 24.0 Å². The largest absolute Gasteiger partial charge is 0.481 e. The van der Waals surface area contributed by atoms with E-state index in [9.17, 15) is 14.7 Å². The predicted molar refractivity (Wildman–Crippen MR) is 96.8 cm³/mol. The summed E-state index contributed by atoms with van der Waals surface area (Å²) >= 11 is 0. The molecule has 5 nitrogen and oxygen atoms in total. The zero-order valence-electron chi connectivity index (χ0n) is 14.8. The maximum absolute atomic E-state index is 13.5. The van der Waals surface area contributed by atoms with E-state index in [0.717, 1.165) is 31.2 Å². The number of nitrogens with zero attached hydrogens (tertiary/aromatic N) is 2. The Kier molecular flexibility index (Phi) is 4.02. The number of hydrogen-bond acceptors (Lipinski definition) is 3. The monoisotopic (exact) mass is 350 g/mol. The molecular formula is C21H22N2O3. The van der Waals surface area contributed by atoms with Crippen molar-refractivity contribution in [2.45, 2.75) is 50.1 Å². The minimum atomic E-state index is -0.949. The Labute approximate surface area is 152 Å². The van der Waals surface area contributed by atoms with Crippen LogP contribution < -0.4 is 0 Å². The second-order valence-corrected chi connectivity index (χ2v) is 7.36. The lowest BCUT2D eigenvalue weighted by atomic mass is 9.69. The topological polar surface area (TPSA) is 70.5 Å². The minimum Gasteiger partial charge on any atom is -0.481 e. The van der Waals surface area contributed by atoms with Crippen LogP contribution in [0.5, 0.6) is 0 Å². The number of hydrogen-bond donors (Lipinski definition) is 1. The van der Waals surface area contributed by atoms with Crippen molar-refractivity contribution in [1.29, 1.82) is 0 Å². The molecule has 1 aromatic carbocycles. The third-order valence-electron chi connectivity index (χ3n) is 5.99. The van der Waals surface area contributed by atoms with Crippen molar-refractivity contribution < 1.29 is 14.7 Å². The van der Waals surface area contributed by atoms with Gasteiger partial charge in [0.05, 0.1) is 5.54 Å². The SMILES string of the molecule is CC1(c2ccncc2)C(C(=O)O)c2ccccc2C(=O)N1C1CCCC1. The second kappa shape index (κ2) is 6.24. The van der Waals surface area contributed by atoms with Gasteiger partial charge < -0.3 is 10.0 Å². The van der Waals surface area contributed by atoms with Crippen molar-refractivity contribution in [1.82, 2.24) is 9.88 Å². The molecule has 1 saturated carbocycles. The highest BCUT2D eigenvalue weighted by atomic mass is 16.4. The van der Waals surface area contributed by atoms with E-state index in [2.05, 4.69) is 4.98 Å². The first-order valence-corrected chi connectivity index (χ1v) is 9.11. The number of pyridine rings is 1. The lowest BCUT2D eigenvalue weighted by Gasteiger charge is -2.51. The van der Waals surface area contributed by atoms with Crippen molar-refractivity contribution in [3.63, 3.8) is 0 Å². The highest BCUT2D eigenvalue weighted by Crippen LogP contribution is 2.50. The van der Waals surface area contributed by atoms with Gasteiger partial charge in [-0.15, -0.1) is 0 Å². The van der Waals surface area contributed by atoms with Crippen molar-refractivity contribution in [2.75, 3.05) is 0 Å². The van der Waals surface area contributed by atoms with E-state index in [1.165, 1.54) is 0 Å². The molecule has 0 radical (unpaired) electrons. The molecule has 1 fully saturated rings. The summed E-state index contributed by atoms with van der Waals surface area (Å²) in [4.78, 5) is 31.8. The summed E-state index contributed by atoms with van der Waals surface area (Å²) in [6, 6.07) is 10.9. The highest BCUT2D eigenvalue weighted by Gasteiger charge is 2.55. The normalized spacial score (nSPS) is 26.0. The molecule has 1 N–H and O–H groups in total. The summed E-state index contributed by atoms with van der Waals surface area (Å²) < 4.78 is 0. The fourth-order valence-electron chi connectivity index (χ4n) is 4.80. The number of carbonyl (C=O) groups is 2. The molecule has 134 valence electrons. The van der Waals surface area contributed by atoms with E-state index >= 15 is 0 Å². The summed E-state index contributed by atoms with van der Waals surface area (Å²) in [6.45, 7) is 1.90. The summed E-state index contributed by atoms with van der Waals surface area (Å²) in [5.41, 5.74) is 0.974. The van der Waals surface area contributed by atoms with Gasteiger partial charge in [0.2, 0.25) is 0 Å². The summed E-state index contributed by atoms with van der Waals surface area (Å²) in [6.07, 6.45) is 7.30. The van der Waals surface area contributed by atoms with Crippen LogP contribution in [0.4, 0.5) is 0 Å². The molecular weight excluding hydrogens is 328 g/mol. The van der Waals surface area contributed by atoms with Crippen molar-refractivity contribution in [3.05, 3.63) is 65.5 Å². The lowest BCUT2D eigenvalue weighted by Crippen LogP contribution is -2.59. The van der Waals surface area contributed by atoms with E-state index < -0.39 is 17.4 Å². The Hall–Kier alpha value is -2.69. The van der Waals surface area contributed by atoms with Gasteiger partial charge >= 0.3 is 5.97 Å². The van der Waals surface area contributed by atoms with Gasteiger partial charge in [0.1, 0.15) is 5.92 Å². The lowest BCUT2D eigenvalue weighted by molar-refractivity contribution is -0.143. The molecule has 1 aliphatic heterocycles. The maximum Gasteiger partial charge on any atom is 0.313 e. The zero-order chi connectivity index (χ0) is 18.3. The fourth-order valence-corrected chi connectivity index (χ4v) is 4.80. The third-order valence-corrected chi connectivity index (χ3v) is 5.99. The van der Waals surface area contributed by atoms with E-state index in [-0.39, 0.29) is 11.9 Å². The van der Waals surface area contributed by atoms with Gasteiger partial charge in [0.15, 0.2) is 0 Å². The molecule has 2 atom stereocenters. The molecule has 1 aliphatic carbocycles. The van der Waals surface area contributed by atoms with Gasteiger partial charge in [-0.1, -0.05) is 31.0 Å². The first kappa shape index (κ1) is 16.8. The number of aromatic nitrogens is 1. The average Bonchev–Trinajstić information content (AvgIpc) is 3.16. The molecule has 5 heteroatoms. The Balaban J connectivity index is 1.99. The van der Waals surface area contributed by atoms with Crippen LogP contribution in [0, 0.1) is 0 Å². The van der Waals surface area contributed by atoms with Gasteiger partial charge in [-0.2, -0.15) is 0 Å². The minimum absolute atomic E-state index is 0.0655. The number of fused-ring (bicyclic) bond motifs is 1. The molecule has 0 saturated heterocycles. The van der Waals surface area contributed by atoms with Crippen LogP contribution in [0.25, 0.3) is 0 Å². The molecule has 1 aromatic heterocycles. The molecule has 0 spiro atoms. The third kappa shape index (κ3) is 2.34. The molecule has 2 heterocycles. The first-order chi connectivity index (χ1) is 12.5. The number of amides is 1. The number of rotatable bonds is 3. The van der Waals surface area contributed by atoms with Crippen LogP contribution in [0.1, 0.15) is 60.0 Å². The Morgan fingerprint density at radius 2 is 1.81 bits per heavy atom. The molecule has 26 heavy (non-hydrogen) atoms. The molecule has 4 rings (SSSR count). The molecule has 0 bridgehead atoms. The van der Waals surface area contributed by atoms with Crippen molar-refractivity contribution in [3.8, 4) is 0 Å². The van der Waals surface area contributed by atoms with Crippen LogP contribution in [0.2, 0.25) is 0 Å². The summed E-state index contributed by atoms with van der Waals surface area (Å²) in [5, 5.41) is 10.2. The Morgan fingerprint density at radius 1 is 1.15 bits per heavy atom. The highest BCUT2D eigenvalue weighted by molar-refractivity contribution is 6.01. The van der Waals surface area contributed by atoms with Crippen LogP contribution in [-0.2, 0) is 10.3 Å². The second-order valence-electron chi connectivity index (χ2n) is 7.36. The van der Waals surface area contributed by atoms with Crippen LogP contribution >= 0.6 is 0 Å². The number of aliphatic carboxylic acids is 1. The van der Waals surface area contributed by atoms with Crippen LogP contribution in [0.3, 0.4) is 0 Å². The summed E-state index contributed by atoms with van der Waals surface area (Å²) in [5.74, 6) is -1.80. The van der Waals surface area contributed by atoms with Crippen molar-refractivity contribution in [2.24, 2.45) is 0 Å². The Bertz CT molecular complexity index is 845. The van der Waals surface area contributed by atoms with Gasteiger partial charge in [-0.05, 0) is 49.1 Å². The zero-order valence-corrected chi connectivity index (χ0v) is 14.8. The van der Waals surface area contributed by atoms with E-state index in [1.54, 1.807) is 36.7 Å². The summed E-state index contributed by atoms with van der Waals surface area (Å²) in [7, 11) is 0. The number of carboxylic acids is 1. The van der Waals surface area contributed by atoms with E-state index in [0.29, 0.717) is 11.1 Å². The maximum atomic E-state index is 13.5.